The Balaban J connectivity index is 1.55. The summed E-state index contributed by atoms with van der Waals surface area (Å²) in [6.45, 7) is 6.37. The summed E-state index contributed by atoms with van der Waals surface area (Å²) in [5, 5.41) is 12.1. The van der Waals surface area contributed by atoms with Gasteiger partial charge in [0.05, 0.1) is 10.3 Å². The number of aryl methyl sites for hydroxylation is 1. The van der Waals surface area contributed by atoms with Gasteiger partial charge in [0.1, 0.15) is 0 Å². The molecule has 3 aromatic rings. The molecule has 2 aliphatic heterocycles. The smallest absolute Gasteiger partial charge is 0.312 e. The number of hydrogen-bond acceptors (Lipinski definition) is 4. The molecule has 0 bridgehead atoms. The second kappa shape index (κ2) is 7.87. The summed E-state index contributed by atoms with van der Waals surface area (Å²) >= 11 is 0. The second-order valence-corrected chi connectivity index (χ2v) is 9.48. The average molecular weight is 453 g/mol. The van der Waals surface area contributed by atoms with Gasteiger partial charge in [-0.15, -0.1) is 0 Å². The molecular formula is C29H28N2O3. The molecule has 0 radical (unpaired) electrons. The van der Waals surface area contributed by atoms with Crippen LogP contribution < -0.4 is 9.64 Å². The normalized spacial score (nSPS) is 19.8. The zero-order chi connectivity index (χ0) is 24.1. The van der Waals surface area contributed by atoms with Crippen molar-refractivity contribution in [2.45, 2.75) is 38.3 Å². The van der Waals surface area contributed by atoms with Gasteiger partial charge in [0.2, 0.25) is 11.5 Å². The molecule has 1 atom stereocenters. The van der Waals surface area contributed by atoms with E-state index in [4.69, 9.17) is 4.74 Å². The van der Waals surface area contributed by atoms with Crippen LogP contribution in [0.25, 0.3) is 18.2 Å². The molecule has 34 heavy (non-hydrogen) atoms. The van der Waals surface area contributed by atoms with Gasteiger partial charge in [-0.05, 0) is 66.8 Å². The predicted octanol–water partition coefficient (Wildman–Crippen LogP) is 6.86. The van der Waals surface area contributed by atoms with Crippen LogP contribution in [0.1, 0.15) is 48.6 Å². The number of nitrogens with zero attached hydrogens (tertiary/aromatic N) is 2. The van der Waals surface area contributed by atoms with Crippen molar-refractivity contribution in [2.24, 2.45) is 0 Å². The van der Waals surface area contributed by atoms with Gasteiger partial charge < -0.3 is 9.64 Å². The minimum absolute atomic E-state index is 0.0256. The Bertz CT molecular complexity index is 1340. The van der Waals surface area contributed by atoms with Gasteiger partial charge in [0.25, 0.3) is 0 Å². The Morgan fingerprint density at radius 2 is 1.74 bits per heavy atom. The molecule has 1 spiro atoms. The zero-order valence-corrected chi connectivity index (χ0v) is 19.9. The predicted molar refractivity (Wildman–Crippen MR) is 138 cm³/mol. The van der Waals surface area contributed by atoms with E-state index in [2.05, 4.69) is 62.1 Å². The van der Waals surface area contributed by atoms with Gasteiger partial charge in [-0.3, -0.25) is 10.1 Å². The van der Waals surface area contributed by atoms with Crippen LogP contribution in [0.5, 0.6) is 5.75 Å². The summed E-state index contributed by atoms with van der Waals surface area (Å²) in [7, 11) is 1.98. The maximum Gasteiger partial charge on any atom is 0.312 e. The van der Waals surface area contributed by atoms with Gasteiger partial charge >= 0.3 is 5.69 Å². The molecule has 0 N–H and O–H groups in total. The quantitative estimate of drug-likeness (QED) is 0.247. The van der Waals surface area contributed by atoms with E-state index in [0.717, 1.165) is 28.8 Å². The number of para-hydroxylation sites is 1. The van der Waals surface area contributed by atoms with E-state index in [-0.39, 0.29) is 10.6 Å². The van der Waals surface area contributed by atoms with E-state index < -0.39 is 11.1 Å². The fourth-order valence-corrected chi connectivity index (χ4v) is 5.18. The largest absolute Gasteiger partial charge is 0.456 e. The SMILES string of the molecule is CCc1ccc(/C=C/c2cc3c(c([N+](=O)[O-])c2)OC2(C=C3)N(C)c3ccccc3C2(C)C)cc1. The Hall–Kier alpha value is -3.86. The molecule has 172 valence electrons. The topological polar surface area (TPSA) is 55.6 Å². The molecule has 2 aliphatic rings. The first-order valence-electron chi connectivity index (χ1n) is 11.6. The van der Waals surface area contributed by atoms with Crippen LogP contribution in [0.3, 0.4) is 0 Å². The zero-order valence-electron chi connectivity index (χ0n) is 19.9. The van der Waals surface area contributed by atoms with Gasteiger partial charge in [-0.25, -0.2) is 0 Å². The lowest BCUT2D eigenvalue weighted by Crippen LogP contribution is -2.58. The number of nitro benzene ring substituents is 1. The summed E-state index contributed by atoms with van der Waals surface area (Å²) in [4.78, 5) is 13.8. The molecule has 1 unspecified atom stereocenters. The van der Waals surface area contributed by atoms with Crippen molar-refractivity contribution in [2.75, 3.05) is 11.9 Å². The molecule has 0 aliphatic carbocycles. The van der Waals surface area contributed by atoms with Crippen molar-refractivity contribution in [3.8, 4) is 5.75 Å². The van der Waals surface area contributed by atoms with Gasteiger partial charge in [-0.2, -0.15) is 0 Å². The lowest BCUT2D eigenvalue weighted by atomic mass is 9.76. The molecule has 2 heterocycles. The Labute approximate surface area is 200 Å². The van der Waals surface area contributed by atoms with Crippen molar-refractivity contribution in [3.05, 3.63) is 105 Å². The van der Waals surface area contributed by atoms with E-state index in [9.17, 15) is 10.1 Å². The third-order valence-corrected chi connectivity index (χ3v) is 7.25. The van der Waals surface area contributed by atoms with Crippen molar-refractivity contribution >= 4 is 29.6 Å². The highest BCUT2D eigenvalue weighted by molar-refractivity contribution is 5.79. The highest BCUT2D eigenvalue weighted by Crippen LogP contribution is 2.55. The van der Waals surface area contributed by atoms with Crippen LogP contribution in [0.4, 0.5) is 11.4 Å². The number of ether oxygens (including phenoxy) is 1. The number of fused-ring (bicyclic) bond motifs is 2. The lowest BCUT2D eigenvalue weighted by Gasteiger charge is -2.45. The molecular weight excluding hydrogens is 424 g/mol. The molecule has 0 saturated heterocycles. The van der Waals surface area contributed by atoms with E-state index in [0.29, 0.717) is 11.3 Å². The molecule has 0 fully saturated rings. The first-order chi connectivity index (χ1) is 16.3. The molecule has 0 amide bonds. The summed E-state index contributed by atoms with van der Waals surface area (Å²) in [6, 6.07) is 20.0. The first-order valence-corrected chi connectivity index (χ1v) is 11.6. The van der Waals surface area contributed by atoms with Gasteiger partial charge in [0.15, 0.2) is 0 Å². The third-order valence-electron chi connectivity index (χ3n) is 7.25. The van der Waals surface area contributed by atoms with Crippen molar-refractivity contribution in [1.82, 2.24) is 0 Å². The van der Waals surface area contributed by atoms with Crippen molar-refractivity contribution < 1.29 is 9.66 Å². The minimum atomic E-state index is -0.854. The van der Waals surface area contributed by atoms with E-state index in [1.54, 1.807) is 6.07 Å². The standard InChI is InChI=1S/C29H28N2O3/c1-5-20-10-12-21(13-11-20)14-15-22-18-23-16-17-29(34-27(23)26(19-22)31(32)33)28(2,3)24-8-6-7-9-25(24)30(29)4/h6-19H,5H2,1-4H3/b15-14+. The molecule has 5 rings (SSSR count). The minimum Gasteiger partial charge on any atom is -0.456 e. The van der Waals surface area contributed by atoms with Crippen LogP contribution in [0.15, 0.2) is 66.7 Å². The average Bonchev–Trinajstić information content (AvgIpc) is 3.01. The van der Waals surface area contributed by atoms with E-state index in [1.807, 2.05) is 49.6 Å². The van der Waals surface area contributed by atoms with Crippen LogP contribution in [-0.4, -0.2) is 17.7 Å². The van der Waals surface area contributed by atoms with Crippen molar-refractivity contribution in [3.63, 3.8) is 0 Å². The number of rotatable bonds is 4. The maximum absolute atomic E-state index is 12.1. The fourth-order valence-electron chi connectivity index (χ4n) is 5.18. The maximum atomic E-state index is 12.1. The Kier molecular flexibility index (Phi) is 5.08. The highest BCUT2D eigenvalue weighted by atomic mass is 16.6. The molecule has 5 nitrogen and oxygen atoms in total. The number of anilines is 1. The van der Waals surface area contributed by atoms with E-state index in [1.165, 1.54) is 5.56 Å². The van der Waals surface area contributed by atoms with Crippen LogP contribution in [0.2, 0.25) is 0 Å². The van der Waals surface area contributed by atoms with Crippen LogP contribution >= 0.6 is 0 Å². The van der Waals surface area contributed by atoms with Gasteiger partial charge in [0, 0.05) is 24.4 Å². The number of benzene rings is 3. The summed E-state index contributed by atoms with van der Waals surface area (Å²) in [5.74, 6) is 0.310. The number of nitro groups is 1. The Morgan fingerprint density at radius 1 is 1.03 bits per heavy atom. The second-order valence-electron chi connectivity index (χ2n) is 9.48. The fraction of sp³-hybridized carbons (Fsp3) is 0.241. The molecule has 3 aromatic carbocycles. The van der Waals surface area contributed by atoms with Gasteiger partial charge in [-0.1, -0.05) is 61.5 Å². The molecule has 5 heteroatoms. The number of hydrogen-bond donors (Lipinski definition) is 0. The van der Waals surface area contributed by atoms with Crippen molar-refractivity contribution in [1.29, 1.82) is 0 Å². The third kappa shape index (κ3) is 3.23. The summed E-state index contributed by atoms with van der Waals surface area (Å²) < 4.78 is 6.60. The molecule has 0 saturated carbocycles. The Morgan fingerprint density at radius 3 is 2.41 bits per heavy atom. The highest BCUT2D eigenvalue weighted by Gasteiger charge is 2.58. The first kappa shape index (κ1) is 22.0. The van der Waals surface area contributed by atoms with E-state index >= 15 is 0 Å². The molecule has 0 aromatic heterocycles. The number of likely N-dealkylation sites (N-methyl/N-ethyl adjacent to an activating group) is 1. The summed E-state index contributed by atoms with van der Waals surface area (Å²) in [6.07, 6.45) is 8.88. The monoisotopic (exact) mass is 452 g/mol. The lowest BCUT2D eigenvalue weighted by molar-refractivity contribution is -0.386. The van der Waals surface area contributed by atoms with Crippen LogP contribution in [0, 0.1) is 10.1 Å². The summed E-state index contributed by atoms with van der Waals surface area (Å²) in [5.41, 5.74) is 4.73. The van der Waals surface area contributed by atoms with Crippen LogP contribution in [-0.2, 0) is 11.8 Å².